The number of hydrogen-bond acceptors (Lipinski definition) is 5. The van der Waals surface area contributed by atoms with Crippen molar-refractivity contribution in [1.82, 2.24) is 0 Å². The van der Waals surface area contributed by atoms with Crippen LogP contribution in [0.25, 0.3) is 6.08 Å². The van der Waals surface area contributed by atoms with E-state index in [0.717, 1.165) is 5.56 Å². The average Bonchev–Trinajstić information content (AvgIpc) is 3.15. The van der Waals surface area contributed by atoms with E-state index in [1.54, 1.807) is 42.5 Å². The quantitative estimate of drug-likeness (QED) is 0.280. The first kappa shape index (κ1) is 22.9. The Balaban J connectivity index is 1.61. The highest BCUT2D eigenvalue weighted by Crippen LogP contribution is 2.38. The third-order valence-electron chi connectivity index (χ3n) is 4.86. The van der Waals surface area contributed by atoms with Gasteiger partial charge in [-0.15, -0.1) is 0 Å². The van der Waals surface area contributed by atoms with Crippen LogP contribution in [-0.2, 0) is 16.1 Å². The number of aliphatic imine (C=N–C) groups is 1. The topological polar surface area (TPSA) is 57.1 Å². The van der Waals surface area contributed by atoms with Gasteiger partial charge >= 0.3 is 5.97 Å². The van der Waals surface area contributed by atoms with Crippen molar-refractivity contribution in [2.45, 2.75) is 20.5 Å². The predicted octanol–water partition coefficient (Wildman–Crippen LogP) is 6.62. The minimum Gasteiger partial charge on any atom is -0.490 e. The number of hydrogen-bond donors (Lipinski definition) is 0. The minimum atomic E-state index is -0.571. The Morgan fingerprint density at radius 3 is 2.48 bits per heavy atom. The van der Waals surface area contributed by atoms with Gasteiger partial charge in [-0.1, -0.05) is 65.2 Å². The summed E-state index contributed by atoms with van der Waals surface area (Å²) >= 11 is 12.7. The molecule has 0 N–H and O–H groups in total. The molecule has 168 valence electrons. The fourth-order valence-corrected chi connectivity index (χ4v) is 3.72. The molecule has 0 radical (unpaired) electrons. The third-order valence-corrected chi connectivity index (χ3v) is 5.47. The number of ether oxygens (including phenoxy) is 3. The van der Waals surface area contributed by atoms with Gasteiger partial charge in [0.2, 0.25) is 5.90 Å². The summed E-state index contributed by atoms with van der Waals surface area (Å²) < 4.78 is 17.0. The Labute approximate surface area is 202 Å². The van der Waals surface area contributed by atoms with Gasteiger partial charge in [0.05, 0.1) is 22.2 Å². The Kier molecular flexibility index (Phi) is 7.02. The van der Waals surface area contributed by atoms with E-state index in [1.165, 1.54) is 5.56 Å². The standard InChI is InChI=1S/C26H21Cl2NO4/c1-3-31-23-14-18(12-21(28)24(23)32-15-17-10-8-16(2)9-11-17)13-22-26(30)33-25(29-22)19-6-4-5-7-20(19)27/h4-14H,3,15H2,1-2H3/b22-13-. The van der Waals surface area contributed by atoms with Crippen LogP contribution in [0.3, 0.4) is 0 Å². The molecule has 0 atom stereocenters. The van der Waals surface area contributed by atoms with Crippen molar-refractivity contribution in [1.29, 1.82) is 0 Å². The van der Waals surface area contributed by atoms with Crippen LogP contribution in [0.5, 0.6) is 11.5 Å². The van der Waals surface area contributed by atoms with Crippen LogP contribution in [0, 0.1) is 6.92 Å². The van der Waals surface area contributed by atoms with Crippen molar-refractivity contribution >= 4 is 41.1 Å². The molecule has 0 saturated heterocycles. The monoisotopic (exact) mass is 481 g/mol. The van der Waals surface area contributed by atoms with Gasteiger partial charge in [-0.2, -0.15) is 0 Å². The van der Waals surface area contributed by atoms with Gasteiger partial charge in [0, 0.05) is 0 Å². The second kappa shape index (κ2) is 10.1. The zero-order valence-corrected chi connectivity index (χ0v) is 19.6. The van der Waals surface area contributed by atoms with Gasteiger partial charge in [-0.05, 0) is 55.3 Å². The van der Waals surface area contributed by atoms with Crippen molar-refractivity contribution in [3.8, 4) is 11.5 Å². The Morgan fingerprint density at radius 1 is 1.00 bits per heavy atom. The number of halogens is 2. The van der Waals surface area contributed by atoms with E-state index in [-0.39, 0.29) is 11.6 Å². The summed E-state index contributed by atoms with van der Waals surface area (Å²) in [5.74, 6) is 0.505. The minimum absolute atomic E-state index is 0.136. The summed E-state index contributed by atoms with van der Waals surface area (Å²) in [6.07, 6.45) is 1.59. The van der Waals surface area contributed by atoms with Gasteiger partial charge < -0.3 is 14.2 Å². The molecule has 3 aromatic rings. The highest BCUT2D eigenvalue weighted by Gasteiger charge is 2.26. The van der Waals surface area contributed by atoms with Crippen LogP contribution in [0.1, 0.15) is 29.2 Å². The molecule has 0 aliphatic carbocycles. The van der Waals surface area contributed by atoms with Crippen molar-refractivity contribution in [2.75, 3.05) is 6.61 Å². The molecule has 7 heteroatoms. The third kappa shape index (κ3) is 5.38. The fourth-order valence-electron chi connectivity index (χ4n) is 3.23. The maximum Gasteiger partial charge on any atom is 0.363 e. The zero-order chi connectivity index (χ0) is 23.4. The van der Waals surface area contributed by atoms with Crippen molar-refractivity contribution in [2.24, 2.45) is 4.99 Å². The number of benzene rings is 3. The summed E-state index contributed by atoms with van der Waals surface area (Å²) in [6.45, 7) is 4.67. The molecular formula is C26H21Cl2NO4. The van der Waals surface area contributed by atoms with Crippen LogP contribution < -0.4 is 9.47 Å². The van der Waals surface area contributed by atoms with E-state index in [4.69, 9.17) is 37.4 Å². The molecule has 0 spiro atoms. The molecule has 1 aliphatic rings. The van der Waals surface area contributed by atoms with Gasteiger partial charge in [0.1, 0.15) is 6.61 Å². The number of esters is 1. The van der Waals surface area contributed by atoms with E-state index < -0.39 is 5.97 Å². The molecule has 1 heterocycles. The van der Waals surface area contributed by atoms with Crippen molar-refractivity contribution in [3.63, 3.8) is 0 Å². The zero-order valence-electron chi connectivity index (χ0n) is 18.1. The second-order valence-electron chi connectivity index (χ2n) is 7.35. The summed E-state index contributed by atoms with van der Waals surface area (Å²) in [5, 5.41) is 0.809. The lowest BCUT2D eigenvalue weighted by Crippen LogP contribution is -2.05. The summed E-state index contributed by atoms with van der Waals surface area (Å²) in [4.78, 5) is 16.7. The second-order valence-corrected chi connectivity index (χ2v) is 8.17. The molecule has 0 aromatic heterocycles. The SMILES string of the molecule is CCOc1cc(/C=C2\N=C(c3ccccc3Cl)OC2=O)cc(Cl)c1OCc1ccc(C)cc1. The molecule has 0 bridgehead atoms. The molecule has 5 nitrogen and oxygen atoms in total. The molecule has 3 aromatic carbocycles. The first-order valence-electron chi connectivity index (χ1n) is 10.4. The lowest BCUT2D eigenvalue weighted by atomic mass is 10.1. The number of rotatable bonds is 7. The van der Waals surface area contributed by atoms with Gasteiger partial charge in [0.15, 0.2) is 17.2 Å². The number of aryl methyl sites for hydroxylation is 1. The van der Waals surface area contributed by atoms with Crippen molar-refractivity contribution in [3.05, 3.63) is 98.7 Å². The summed E-state index contributed by atoms with van der Waals surface area (Å²) in [7, 11) is 0. The first-order valence-corrected chi connectivity index (χ1v) is 11.1. The van der Waals surface area contributed by atoms with E-state index in [2.05, 4.69) is 4.99 Å². The summed E-state index contributed by atoms with van der Waals surface area (Å²) in [6, 6.07) is 18.5. The van der Waals surface area contributed by atoms with Crippen LogP contribution in [0.2, 0.25) is 10.0 Å². The van der Waals surface area contributed by atoms with Crippen LogP contribution in [-0.4, -0.2) is 18.5 Å². The normalized spacial score (nSPS) is 14.2. The van der Waals surface area contributed by atoms with Crippen LogP contribution in [0.4, 0.5) is 0 Å². The maximum atomic E-state index is 12.4. The van der Waals surface area contributed by atoms with Crippen molar-refractivity contribution < 1.29 is 19.0 Å². The molecule has 33 heavy (non-hydrogen) atoms. The average molecular weight is 482 g/mol. The van der Waals surface area contributed by atoms with Gasteiger partial charge in [-0.25, -0.2) is 9.79 Å². The van der Waals surface area contributed by atoms with Crippen LogP contribution >= 0.6 is 23.2 Å². The van der Waals surface area contributed by atoms with E-state index in [1.807, 2.05) is 38.1 Å². The van der Waals surface area contributed by atoms with E-state index in [0.29, 0.717) is 45.9 Å². The largest absolute Gasteiger partial charge is 0.490 e. The molecule has 0 unspecified atom stereocenters. The predicted molar refractivity (Wildman–Crippen MR) is 130 cm³/mol. The molecule has 4 rings (SSSR count). The van der Waals surface area contributed by atoms with Gasteiger partial charge in [-0.3, -0.25) is 0 Å². The van der Waals surface area contributed by atoms with E-state index >= 15 is 0 Å². The molecule has 1 aliphatic heterocycles. The molecule has 0 saturated carbocycles. The summed E-state index contributed by atoms with van der Waals surface area (Å²) in [5.41, 5.74) is 3.50. The Bertz CT molecular complexity index is 1250. The highest BCUT2D eigenvalue weighted by atomic mass is 35.5. The molecule has 0 fully saturated rings. The lowest BCUT2D eigenvalue weighted by Gasteiger charge is -2.14. The van der Waals surface area contributed by atoms with E-state index in [9.17, 15) is 4.79 Å². The lowest BCUT2D eigenvalue weighted by molar-refractivity contribution is -0.129. The van der Waals surface area contributed by atoms with Crippen LogP contribution in [0.15, 0.2) is 71.4 Å². The maximum absolute atomic E-state index is 12.4. The number of cyclic esters (lactones) is 1. The number of nitrogens with zero attached hydrogens (tertiary/aromatic N) is 1. The molecular weight excluding hydrogens is 461 g/mol. The van der Waals surface area contributed by atoms with Gasteiger partial charge in [0.25, 0.3) is 0 Å². The Morgan fingerprint density at radius 2 is 1.76 bits per heavy atom. The highest BCUT2D eigenvalue weighted by molar-refractivity contribution is 6.34. The smallest absolute Gasteiger partial charge is 0.363 e. The Hall–Kier alpha value is -3.28. The fraction of sp³-hybridized carbons (Fsp3) is 0.154. The molecule has 0 amide bonds. The number of carbonyl (C=O) groups is 1. The number of carbonyl (C=O) groups excluding carboxylic acids is 1. The first-order chi connectivity index (χ1) is 15.9.